The molecule has 5 nitrogen and oxygen atoms in total. The summed E-state index contributed by atoms with van der Waals surface area (Å²) in [4.78, 5) is 4.51. The van der Waals surface area contributed by atoms with E-state index in [4.69, 9.17) is 5.73 Å². The van der Waals surface area contributed by atoms with Crippen molar-refractivity contribution in [1.82, 2.24) is 14.8 Å². The van der Waals surface area contributed by atoms with Crippen LogP contribution in [0, 0.1) is 0 Å². The monoisotopic (exact) mass is 342 g/mol. The van der Waals surface area contributed by atoms with Crippen molar-refractivity contribution in [3.8, 4) is 0 Å². The summed E-state index contributed by atoms with van der Waals surface area (Å²) in [5.74, 6) is 0.373. The topological polar surface area (TPSA) is 73.8 Å². The minimum absolute atomic E-state index is 0.373. The lowest BCUT2D eigenvalue weighted by Crippen LogP contribution is -2.05. The summed E-state index contributed by atoms with van der Waals surface area (Å²) in [5.41, 5.74) is 8.12. The fourth-order valence-corrected chi connectivity index (χ4v) is 3.99. The van der Waals surface area contributed by atoms with Crippen LogP contribution >= 0.6 is 15.9 Å². The number of anilines is 1. The smallest absolute Gasteiger partial charge is 0.0767 e. The van der Waals surface area contributed by atoms with Gasteiger partial charge in [-0.2, -0.15) is 5.10 Å². The van der Waals surface area contributed by atoms with Gasteiger partial charge in [-0.05, 0) is 28.4 Å². The number of halogens is 1. The normalized spacial score (nSPS) is 12.6. The Hall–Kier alpha value is -1.21. The van der Waals surface area contributed by atoms with Crippen molar-refractivity contribution in [1.29, 1.82) is 0 Å². The summed E-state index contributed by atoms with van der Waals surface area (Å²) in [6.45, 7) is 2.04. The molecule has 0 amide bonds. The number of pyridine rings is 1. The standard InChI is InChI=1S/C12H15BrN4OS/c1-3-9-12(13)10(17(2)16-9)7-19(18)11-4-5-15-6-8(11)14/h4-6H,3,7,14H2,1-2H3. The largest absolute Gasteiger partial charge is 0.396 e. The molecule has 2 aromatic heterocycles. The van der Waals surface area contributed by atoms with E-state index >= 15 is 0 Å². The molecule has 1 atom stereocenters. The molecule has 0 aromatic carbocycles. The first-order chi connectivity index (χ1) is 9.04. The number of nitrogens with zero attached hydrogens (tertiary/aromatic N) is 3. The average Bonchev–Trinajstić information content (AvgIpc) is 2.66. The Morgan fingerprint density at radius 3 is 2.84 bits per heavy atom. The summed E-state index contributed by atoms with van der Waals surface area (Å²) in [7, 11) is 0.643. The number of nitrogen functional groups attached to an aromatic ring is 1. The maximum atomic E-state index is 12.4. The molecule has 0 saturated carbocycles. The number of nitrogens with two attached hydrogens (primary N) is 1. The highest BCUT2D eigenvalue weighted by molar-refractivity contribution is 9.10. The van der Waals surface area contributed by atoms with Crippen LogP contribution in [0.3, 0.4) is 0 Å². The van der Waals surface area contributed by atoms with Crippen LogP contribution in [0.2, 0.25) is 0 Å². The van der Waals surface area contributed by atoms with Gasteiger partial charge in [0.2, 0.25) is 0 Å². The number of hydrogen-bond donors (Lipinski definition) is 1. The summed E-state index contributed by atoms with van der Waals surface area (Å²) in [6.07, 6.45) is 3.95. The molecule has 19 heavy (non-hydrogen) atoms. The molecule has 2 rings (SSSR count). The Kier molecular flexibility index (Phi) is 4.36. The molecule has 0 fully saturated rings. The van der Waals surface area contributed by atoms with Gasteiger partial charge in [0, 0.05) is 13.2 Å². The Bertz CT molecular complexity index is 626. The first-order valence-electron chi connectivity index (χ1n) is 5.82. The van der Waals surface area contributed by atoms with Crippen LogP contribution in [0.25, 0.3) is 0 Å². The summed E-state index contributed by atoms with van der Waals surface area (Å²) < 4.78 is 15.1. The Morgan fingerprint density at radius 2 is 2.26 bits per heavy atom. The lowest BCUT2D eigenvalue weighted by molar-refractivity contribution is 0.675. The van der Waals surface area contributed by atoms with Crippen molar-refractivity contribution in [2.24, 2.45) is 7.05 Å². The molecular formula is C12H15BrN4OS. The summed E-state index contributed by atoms with van der Waals surface area (Å²) in [6, 6.07) is 1.69. The van der Waals surface area contributed by atoms with Gasteiger partial charge >= 0.3 is 0 Å². The van der Waals surface area contributed by atoms with E-state index in [0.29, 0.717) is 16.3 Å². The maximum absolute atomic E-state index is 12.4. The third kappa shape index (κ3) is 2.87. The van der Waals surface area contributed by atoms with Crippen LogP contribution in [-0.2, 0) is 30.0 Å². The van der Waals surface area contributed by atoms with Gasteiger partial charge in [0.25, 0.3) is 0 Å². The van der Waals surface area contributed by atoms with Crippen LogP contribution in [0.15, 0.2) is 27.8 Å². The SMILES string of the molecule is CCc1nn(C)c(CS(=O)c2ccncc2N)c1Br. The third-order valence-electron chi connectivity index (χ3n) is 2.83. The predicted molar refractivity (Wildman–Crippen MR) is 79.0 cm³/mol. The minimum Gasteiger partial charge on any atom is -0.396 e. The number of aromatic nitrogens is 3. The molecule has 2 aromatic rings. The Labute approximate surface area is 122 Å². The van der Waals surface area contributed by atoms with Gasteiger partial charge in [0.15, 0.2) is 0 Å². The van der Waals surface area contributed by atoms with Crippen molar-refractivity contribution in [3.05, 3.63) is 34.3 Å². The van der Waals surface area contributed by atoms with E-state index in [1.165, 1.54) is 6.20 Å². The minimum atomic E-state index is -1.21. The van der Waals surface area contributed by atoms with Gasteiger partial charge in [-0.3, -0.25) is 13.9 Å². The first kappa shape index (κ1) is 14.2. The maximum Gasteiger partial charge on any atom is 0.0767 e. The van der Waals surface area contributed by atoms with Crippen molar-refractivity contribution < 1.29 is 4.21 Å². The van der Waals surface area contributed by atoms with Crippen LogP contribution in [0.1, 0.15) is 18.3 Å². The summed E-state index contributed by atoms with van der Waals surface area (Å²) in [5, 5.41) is 4.39. The zero-order chi connectivity index (χ0) is 14.0. The second-order valence-corrected chi connectivity index (χ2v) is 6.30. The molecule has 2 heterocycles. The van der Waals surface area contributed by atoms with E-state index in [2.05, 4.69) is 26.0 Å². The molecule has 102 valence electrons. The van der Waals surface area contributed by atoms with Crippen molar-refractivity contribution in [2.75, 3.05) is 5.73 Å². The molecule has 0 aliphatic rings. The van der Waals surface area contributed by atoms with Gasteiger partial charge in [0.1, 0.15) is 0 Å². The van der Waals surface area contributed by atoms with E-state index in [0.717, 1.165) is 22.3 Å². The van der Waals surface area contributed by atoms with E-state index in [1.54, 1.807) is 16.9 Å². The average molecular weight is 343 g/mol. The van der Waals surface area contributed by atoms with E-state index in [-0.39, 0.29) is 0 Å². The van der Waals surface area contributed by atoms with Gasteiger partial charge in [-0.15, -0.1) is 0 Å². The van der Waals surface area contributed by atoms with E-state index in [1.807, 2.05) is 14.0 Å². The second-order valence-electron chi connectivity index (χ2n) is 4.09. The van der Waals surface area contributed by atoms with Crippen LogP contribution in [0.5, 0.6) is 0 Å². The van der Waals surface area contributed by atoms with Gasteiger partial charge in [-0.25, -0.2) is 0 Å². The van der Waals surface area contributed by atoms with Gasteiger partial charge in [0.05, 0.1) is 49.2 Å². The molecule has 7 heteroatoms. The van der Waals surface area contributed by atoms with Crippen LogP contribution < -0.4 is 5.73 Å². The predicted octanol–water partition coefficient (Wildman–Crippen LogP) is 2.03. The van der Waals surface area contributed by atoms with E-state index in [9.17, 15) is 4.21 Å². The Morgan fingerprint density at radius 1 is 1.53 bits per heavy atom. The summed E-state index contributed by atoms with van der Waals surface area (Å²) >= 11 is 3.52. The fourth-order valence-electron chi connectivity index (χ4n) is 1.78. The van der Waals surface area contributed by atoms with Gasteiger partial charge < -0.3 is 5.73 Å². The highest BCUT2D eigenvalue weighted by Crippen LogP contribution is 2.25. The highest BCUT2D eigenvalue weighted by atomic mass is 79.9. The zero-order valence-electron chi connectivity index (χ0n) is 10.8. The molecule has 0 aliphatic carbocycles. The zero-order valence-corrected chi connectivity index (χ0v) is 13.2. The molecule has 1 unspecified atom stereocenters. The molecular weight excluding hydrogens is 328 g/mol. The molecule has 0 bridgehead atoms. The van der Waals surface area contributed by atoms with Crippen molar-refractivity contribution in [2.45, 2.75) is 24.0 Å². The van der Waals surface area contributed by atoms with Crippen molar-refractivity contribution in [3.63, 3.8) is 0 Å². The lowest BCUT2D eigenvalue weighted by atomic mass is 10.3. The highest BCUT2D eigenvalue weighted by Gasteiger charge is 2.17. The second kappa shape index (κ2) is 5.83. The lowest BCUT2D eigenvalue weighted by Gasteiger charge is -2.06. The van der Waals surface area contributed by atoms with Crippen LogP contribution in [-0.4, -0.2) is 19.0 Å². The fraction of sp³-hybridized carbons (Fsp3) is 0.333. The molecule has 2 N–H and O–H groups in total. The van der Waals surface area contributed by atoms with Crippen LogP contribution in [0.4, 0.5) is 5.69 Å². The molecule has 0 radical (unpaired) electrons. The third-order valence-corrected chi connectivity index (χ3v) is 5.14. The van der Waals surface area contributed by atoms with Gasteiger partial charge in [-0.1, -0.05) is 6.92 Å². The first-order valence-corrected chi connectivity index (χ1v) is 7.93. The number of rotatable bonds is 4. The quantitative estimate of drug-likeness (QED) is 0.922. The van der Waals surface area contributed by atoms with E-state index < -0.39 is 10.8 Å². The molecule has 0 saturated heterocycles. The molecule has 0 spiro atoms. The van der Waals surface area contributed by atoms with Crippen molar-refractivity contribution >= 4 is 32.4 Å². The Balaban J connectivity index is 2.30. The number of hydrogen-bond acceptors (Lipinski definition) is 4. The number of aryl methyl sites for hydroxylation is 2. The molecule has 0 aliphatic heterocycles.